The Kier molecular flexibility index (Phi) is 3.62. The fourth-order valence-corrected chi connectivity index (χ4v) is 3.36. The molecule has 1 aromatic heterocycles. The molecule has 0 spiro atoms. The predicted molar refractivity (Wildman–Crippen MR) is 73.3 cm³/mol. The Hall–Kier alpha value is -1.60. The van der Waals surface area contributed by atoms with Gasteiger partial charge in [-0.1, -0.05) is 18.2 Å². The lowest BCUT2D eigenvalue weighted by Gasteiger charge is -2.29. The summed E-state index contributed by atoms with van der Waals surface area (Å²) in [5, 5.41) is -0.853. The zero-order chi connectivity index (χ0) is 15.0. The van der Waals surface area contributed by atoms with Crippen molar-refractivity contribution in [3.05, 3.63) is 45.9 Å². The molecule has 3 nitrogen and oxygen atoms in total. The van der Waals surface area contributed by atoms with E-state index in [1.54, 1.807) is 0 Å². The fourth-order valence-electron chi connectivity index (χ4n) is 2.51. The first kappa shape index (κ1) is 14.3. The van der Waals surface area contributed by atoms with Crippen LogP contribution in [0.3, 0.4) is 0 Å². The molecular weight excluding hydrogens is 301 g/mol. The van der Waals surface area contributed by atoms with Crippen molar-refractivity contribution in [1.82, 2.24) is 4.98 Å². The molecular formula is C14H13F3N2OS. The molecule has 112 valence electrons. The summed E-state index contributed by atoms with van der Waals surface area (Å²) in [7, 11) is 0. The van der Waals surface area contributed by atoms with Crippen LogP contribution >= 0.6 is 11.3 Å². The normalized spacial score (nSPS) is 19.7. The summed E-state index contributed by atoms with van der Waals surface area (Å²) >= 11 is 0.614. The Bertz CT molecular complexity index is 641. The monoisotopic (exact) mass is 314 g/mol. The molecule has 0 radical (unpaired) electrons. The first-order chi connectivity index (χ1) is 9.97. The van der Waals surface area contributed by atoms with Gasteiger partial charge in [0.15, 0.2) is 5.01 Å². The molecule has 7 heteroatoms. The lowest BCUT2D eigenvalue weighted by Crippen LogP contribution is -2.24. The molecule has 2 heterocycles. The van der Waals surface area contributed by atoms with E-state index in [1.165, 1.54) is 6.20 Å². The number of alkyl halides is 3. The number of benzene rings is 1. The van der Waals surface area contributed by atoms with Gasteiger partial charge in [0.05, 0.1) is 6.61 Å². The van der Waals surface area contributed by atoms with Gasteiger partial charge in [0, 0.05) is 23.0 Å². The first-order valence-electron chi connectivity index (χ1n) is 6.47. The van der Waals surface area contributed by atoms with Crippen LogP contribution in [0.2, 0.25) is 0 Å². The number of para-hydroxylation sites is 1. The molecule has 2 N–H and O–H groups in total. The average molecular weight is 314 g/mol. The van der Waals surface area contributed by atoms with E-state index in [9.17, 15) is 13.2 Å². The second kappa shape index (κ2) is 5.31. The van der Waals surface area contributed by atoms with Gasteiger partial charge in [-0.25, -0.2) is 4.98 Å². The molecule has 0 saturated carbocycles. The zero-order valence-corrected chi connectivity index (χ0v) is 11.7. The SMILES string of the molecule is NC(c1cnc(C(F)(F)F)s1)C1CCOc2ccccc21. The number of ether oxygens (including phenoxy) is 1. The number of nitrogens with two attached hydrogens (primary N) is 1. The lowest BCUT2D eigenvalue weighted by atomic mass is 9.86. The summed E-state index contributed by atoms with van der Waals surface area (Å²) in [5.74, 6) is 0.696. The quantitative estimate of drug-likeness (QED) is 0.919. The third-order valence-electron chi connectivity index (χ3n) is 3.53. The molecule has 1 aromatic carbocycles. The smallest absolute Gasteiger partial charge is 0.443 e. The second-order valence-electron chi connectivity index (χ2n) is 4.87. The highest BCUT2D eigenvalue weighted by atomic mass is 32.1. The Morgan fingerprint density at radius 3 is 2.81 bits per heavy atom. The highest BCUT2D eigenvalue weighted by molar-refractivity contribution is 7.11. The lowest BCUT2D eigenvalue weighted by molar-refractivity contribution is -0.137. The summed E-state index contributed by atoms with van der Waals surface area (Å²) in [6.45, 7) is 0.514. The van der Waals surface area contributed by atoms with Gasteiger partial charge < -0.3 is 10.5 Å². The molecule has 2 aromatic rings. The van der Waals surface area contributed by atoms with Crippen LogP contribution in [0, 0.1) is 0 Å². The van der Waals surface area contributed by atoms with Gasteiger partial charge in [-0.15, -0.1) is 11.3 Å². The summed E-state index contributed by atoms with van der Waals surface area (Å²) in [5.41, 5.74) is 7.13. The van der Waals surface area contributed by atoms with Gasteiger partial charge in [0.1, 0.15) is 5.75 Å². The van der Waals surface area contributed by atoms with E-state index in [2.05, 4.69) is 4.98 Å². The van der Waals surface area contributed by atoms with Crippen LogP contribution in [0.25, 0.3) is 0 Å². The summed E-state index contributed by atoms with van der Waals surface area (Å²) in [6, 6.07) is 6.98. The van der Waals surface area contributed by atoms with Gasteiger partial charge in [-0.2, -0.15) is 13.2 Å². The van der Waals surface area contributed by atoms with Crippen LogP contribution in [-0.4, -0.2) is 11.6 Å². The van der Waals surface area contributed by atoms with Gasteiger partial charge in [-0.05, 0) is 18.1 Å². The minimum absolute atomic E-state index is 0.0588. The molecule has 3 rings (SSSR count). The average Bonchev–Trinajstić information content (AvgIpc) is 2.96. The van der Waals surface area contributed by atoms with Crippen LogP contribution in [-0.2, 0) is 6.18 Å². The maximum absolute atomic E-state index is 12.6. The van der Waals surface area contributed by atoms with E-state index in [0.717, 1.165) is 11.3 Å². The van der Waals surface area contributed by atoms with E-state index in [4.69, 9.17) is 10.5 Å². The van der Waals surface area contributed by atoms with Crippen LogP contribution in [0.1, 0.15) is 33.8 Å². The van der Waals surface area contributed by atoms with Crippen molar-refractivity contribution in [1.29, 1.82) is 0 Å². The highest BCUT2D eigenvalue weighted by Crippen LogP contribution is 2.42. The van der Waals surface area contributed by atoms with Crippen molar-refractivity contribution in [2.75, 3.05) is 6.61 Å². The van der Waals surface area contributed by atoms with Crippen molar-refractivity contribution in [3.63, 3.8) is 0 Å². The molecule has 2 atom stereocenters. The topological polar surface area (TPSA) is 48.1 Å². The van der Waals surface area contributed by atoms with Crippen LogP contribution < -0.4 is 10.5 Å². The minimum atomic E-state index is -4.42. The van der Waals surface area contributed by atoms with Crippen molar-refractivity contribution in [2.45, 2.75) is 24.6 Å². The first-order valence-corrected chi connectivity index (χ1v) is 7.28. The Labute approximate surface area is 123 Å². The Morgan fingerprint density at radius 2 is 2.10 bits per heavy atom. The van der Waals surface area contributed by atoms with Gasteiger partial charge in [0.25, 0.3) is 0 Å². The number of hydrogen-bond donors (Lipinski definition) is 1. The van der Waals surface area contributed by atoms with E-state index in [-0.39, 0.29) is 5.92 Å². The number of thiazole rings is 1. The number of rotatable bonds is 2. The summed E-state index contributed by atoms with van der Waals surface area (Å²) in [4.78, 5) is 3.89. The molecule has 1 aliphatic rings. The molecule has 0 saturated heterocycles. The van der Waals surface area contributed by atoms with Crippen molar-refractivity contribution in [3.8, 4) is 5.75 Å². The van der Waals surface area contributed by atoms with Gasteiger partial charge in [0.2, 0.25) is 0 Å². The van der Waals surface area contributed by atoms with Crippen molar-refractivity contribution in [2.24, 2.45) is 5.73 Å². The predicted octanol–water partition coefficient (Wildman–Crippen LogP) is 3.73. The summed E-state index contributed by atoms with van der Waals surface area (Å²) in [6.07, 6.45) is -2.51. The Morgan fingerprint density at radius 1 is 1.33 bits per heavy atom. The zero-order valence-electron chi connectivity index (χ0n) is 10.9. The summed E-state index contributed by atoms with van der Waals surface area (Å²) < 4.78 is 43.5. The maximum Gasteiger partial charge on any atom is 0.443 e. The molecule has 0 fully saturated rings. The number of aromatic nitrogens is 1. The molecule has 0 amide bonds. The van der Waals surface area contributed by atoms with Crippen molar-refractivity contribution < 1.29 is 17.9 Å². The fraction of sp³-hybridized carbons (Fsp3) is 0.357. The van der Waals surface area contributed by atoms with E-state index in [1.807, 2.05) is 24.3 Å². The van der Waals surface area contributed by atoms with E-state index >= 15 is 0 Å². The van der Waals surface area contributed by atoms with Crippen molar-refractivity contribution >= 4 is 11.3 Å². The number of nitrogens with zero attached hydrogens (tertiary/aromatic N) is 1. The van der Waals surface area contributed by atoms with Crippen LogP contribution in [0.5, 0.6) is 5.75 Å². The van der Waals surface area contributed by atoms with E-state index in [0.29, 0.717) is 29.2 Å². The van der Waals surface area contributed by atoms with Crippen LogP contribution in [0.15, 0.2) is 30.5 Å². The molecule has 0 aliphatic carbocycles. The van der Waals surface area contributed by atoms with Gasteiger partial charge in [-0.3, -0.25) is 0 Å². The second-order valence-corrected chi connectivity index (χ2v) is 5.94. The largest absolute Gasteiger partial charge is 0.493 e. The molecule has 1 aliphatic heterocycles. The standard InChI is InChI=1S/C14H13F3N2OS/c15-14(16,17)13-19-7-11(21-13)12(18)9-5-6-20-10-4-2-1-3-8(9)10/h1-4,7,9,12H,5-6,18H2. The highest BCUT2D eigenvalue weighted by Gasteiger charge is 2.36. The minimum Gasteiger partial charge on any atom is -0.493 e. The number of fused-ring (bicyclic) bond motifs is 1. The third-order valence-corrected chi connectivity index (χ3v) is 4.68. The molecule has 2 unspecified atom stereocenters. The van der Waals surface area contributed by atoms with E-state index < -0.39 is 17.2 Å². The van der Waals surface area contributed by atoms with Gasteiger partial charge >= 0.3 is 6.18 Å². The molecule has 0 bridgehead atoms. The molecule has 21 heavy (non-hydrogen) atoms. The number of halogens is 3. The number of hydrogen-bond acceptors (Lipinski definition) is 4. The maximum atomic E-state index is 12.6. The van der Waals surface area contributed by atoms with Crippen LogP contribution in [0.4, 0.5) is 13.2 Å². The third kappa shape index (κ3) is 2.75. The Balaban J connectivity index is 1.89.